The number of nitrogen functional groups attached to an aromatic ring is 1. The molecule has 0 heterocycles. The molecule has 0 spiro atoms. The summed E-state index contributed by atoms with van der Waals surface area (Å²) >= 11 is 0. The largest absolute Gasteiger partial charge is 0.398 e. The van der Waals surface area contributed by atoms with E-state index in [1.54, 1.807) is 0 Å². The van der Waals surface area contributed by atoms with E-state index in [1.165, 1.54) is 43.6 Å². The lowest BCUT2D eigenvalue weighted by molar-refractivity contribution is 0.288. The Balaban J connectivity index is 2.07. The molecular weight excluding hydrogens is 362 g/mol. The molecule has 0 bridgehead atoms. The predicted molar refractivity (Wildman–Crippen MR) is 121 cm³/mol. The first-order chi connectivity index (χ1) is 14.2. The first-order valence-electron chi connectivity index (χ1n) is 10.5. The number of rotatable bonds is 9. The van der Waals surface area contributed by atoms with Gasteiger partial charge in [0, 0.05) is 30.9 Å². The van der Waals surface area contributed by atoms with Crippen LogP contribution < -0.4 is 5.73 Å². The van der Waals surface area contributed by atoms with E-state index in [4.69, 9.17) is 5.73 Å². The van der Waals surface area contributed by atoms with Crippen LogP contribution in [0.3, 0.4) is 0 Å². The van der Waals surface area contributed by atoms with Crippen molar-refractivity contribution in [1.29, 1.82) is 0 Å². The van der Waals surface area contributed by atoms with Crippen LogP contribution in [0.4, 0.5) is 5.69 Å². The smallest absolute Gasteiger partial charge is 0.0434 e. The second kappa shape index (κ2) is 8.54. The Morgan fingerprint density at radius 3 is 1.38 bits per heavy atom. The average Bonchev–Trinajstić information content (AvgIpc) is 2.74. The van der Waals surface area contributed by atoms with Gasteiger partial charge in [0.05, 0.1) is 0 Å². The topological polar surface area (TPSA) is 86.7 Å². The Kier molecular flexibility index (Phi) is 5.86. The molecular formula is C25H29NO3. The van der Waals surface area contributed by atoms with E-state index in [2.05, 4.69) is 36.4 Å². The Morgan fingerprint density at radius 1 is 0.552 bits per heavy atom. The van der Waals surface area contributed by atoms with E-state index in [9.17, 15) is 15.3 Å². The predicted octanol–water partition coefficient (Wildman–Crippen LogP) is 3.94. The van der Waals surface area contributed by atoms with Crippen molar-refractivity contribution in [2.45, 2.75) is 38.5 Å². The molecule has 0 unspecified atom stereocenters. The minimum Gasteiger partial charge on any atom is -0.398 e. The molecule has 0 aromatic heterocycles. The van der Waals surface area contributed by atoms with Crippen molar-refractivity contribution < 1.29 is 15.3 Å². The summed E-state index contributed by atoms with van der Waals surface area (Å²) in [5, 5.41) is 35.2. The number of anilines is 1. The molecule has 0 aliphatic carbocycles. The van der Waals surface area contributed by atoms with Crippen LogP contribution in [0.25, 0.3) is 32.3 Å². The van der Waals surface area contributed by atoms with E-state index in [-0.39, 0.29) is 19.8 Å². The molecule has 0 amide bonds. The van der Waals surface area contributed by atoms with Gasteiger partial charge in [-0.3, -0.25) is 0 Å². The number of aliphatic hydroxyl groups excluding tert-OH is 3. The van der Waals surface area contributed by atoms with Crippen molar-refractivity contribution in [3.05, 3.63) is 53.1 Å². The van der Waals surface area contributed by atoms with Crippen molar-refractivity contribution in [3.8, 4) is 0 Å². The average molecular weight is 392 g/mol. The van der Waals surface area contributed by atoms with E-state index in [0.29, 0.717) is 6.42 Å². The zero-order chi connectivity index (χ0) is 20.4. The van der Waals surface area contributed by atoms with Gasteiger partial charge in [-0.15, -0.1) is 0 Å². The fraction of sp³-hybridized carbons (Fsp3) is 0.360. The summed E-state index contributed by atoms with van der Waals surface area (Å²) in [6.45, 7) is 0.511. The number of aryl methyl sites for hydroxylation is 3. The number of aliphatic hydroxyl groups is 3. The quantitative estimate of drug-likeness (QED) is 0.257. The zero-order valence-electron chi connectivity index (χ0n) is 16.7. The van der Waals surface area contributed by atoms with Crippen LogP contribution in [0.1, 0.15) is 36.0 Å². The monoisotopic (exact) mass is 391 g/mol. The highest BCUT2D eigenvalue weighted by molar-refractivity contribution is 6.26. The number of hydrogen-bond acceptors (Lipinski definition) is 4. The van der Waals surface area contributed by atoms with Crippen molar-refractivity contribution in [2.24, 2.45) is 0 Å². The normalized spacial score (nSPS) is 12.0. The second-order valence-electron chi connectivity index (χ2n) is 7.87. The van der Waals surface area contributed by atoms with E-state index < -0.39 is 0 Å². The lowest BCUT2D eigenvalue weighted by atomic mass is 9.85. The van der Waals surface area contributed by atoms with Gasteiger partial charge in [0.25, 0.3) is 0 Å². The minimum atomic E-state index is 0.165. The fourth-order valence-corrected chi connectivity index (χ4v) is 4.68. The van der Waals surface area contributed by atoms with Gasteiger partial charge in [-0.25, -0.2) is 0 Å². The molecule has 4 aromatic carbocycles. The molecule has 0 fully saturated rings. The maximum absolute atomic E-state index is 9.37. The summed E-state index contributed by atoms with van der Waals surface area (Å²) in [6, 6.07) is 13.0. The molecule has 0 atom stereocenters. The molecule has 0 radical (unpaired) electrons. The number of hydrogen-bond donors (Lipinski definition) is 4. The van der Waals surface area contributed by atoms with E-state index >= 15 is 0 Å². The summed E-state index contributed by atoms with van der Waals surface area (Å²) in [5.41, 5.74) is 10.9. The van der Waals surface area contributed by atoms with Gasteiger partial charge in [-0.05, 0) is 88.2 Å². The standard InChI is InChI=1S/C25H29NO3/c26-23-15-18(6-3-13-29)21-8-7-19-16(4-1-11-27)14-17(5-2-12-28)20-9-10-22(23)25(21)24(19)20/h7-10,14-15,27-29H,1-6,11-13,26H2. The molecule has 5 N–H and O–H groups in total. The van der Waals surface area contributed by atoms with Gasteiger partial charge in [-0.1, -0.05) is 30.3 Å². The first-order valence-corrected chi connectivity index (χ1v) is 10.5. The Labute approximate surface area is 170 Å². The van der Waals surface area contributed by atoms with Crippen LogP contribution in [-0.4, -0.2) is 35.1 Å². The molecule has 0 aliphatic rings. The fourth-order valence-electron chi connectivity index (χ4n) is 4.68. The number of benzene rings is 4. The van der Waals surface area contributed by atoms with Gasteiger partial charge in [0.15, 0.2) is 0 Å². The van der Waals surface area contributed by atoms with Crippen molar-refractivity contribution in [2.75, 3.05) is 25.6 Å². The summed E-state index contributed by atoms with van der Waals surface area (Å²) in [7, 11) is 0. The highest BCUT2D eigenvalue weighted by atomic mass is 16.3. The van der Waals surface area contributed by atoms with Crippen LogP contribution in [0.15, 0.2) is 36.4 Å². The third-order valence-corrected chi connectivity index (χ3v) is 6.00. The lowest BCUT2D eigenvalue weighted by Gasteiger charge is -2.20. The lowest BCUT2D eigenvalue weighted by Crippen LogP contribution is -2.01. The maximum atomic E-state index is 9.37. The van der Waals surface area contributed by atoms with E-state index in [1.807, 2.05) is 0 Å². The van der Waals surface area contributed by atoms with Crippen LogP contribution in [0.5, 0.6) is 0 Å². The molecule has 0 aliphatic heterocycles. The van der Waals surface area contributed by atoms with Gasteiger partial charge in [-0.2, -0.15) is 0 Å². The third-order valence-electron chi connectivity index (χ3n) is 6.00. The first kappa shape index (κ1) is 19.9. The Bertz CT molecular complexity index is 1110. The summed E-state index contributed by atoms with van der Waals surface area (Å²) < 4.78 is 0. The van der Waals surface area contributed by atoms with Crippen LogP contribution in [-0.2, 0) is 19.3 Å². The van der Waals surface area contributed by atoms with Crippen LogP contribution >= 0.6 is 0 Å². The molecule has 4 rings (SSSR count). The Morgan fingerprint density at radius 2 is 0.931 bits per heavy atom. The Hall–Kier alpha value is -2.40. The molecule has 152 valence electrons. The number of nitrogens with two attached hydrogens (primary N) is 1. The second-order valence-corrected chi connectivity index (χ2v) is 7.87. The molecule has 4 aromatic rings. The van der Waals surface area contributed by atoms with Gasteiger partial charge in [0.1, 0.15) is 0 Å². The van der Waals surface area contributed by atoms with Crippen molar-refractivity contribution in [3.63, 3.8) is 0 Å². The molecule has 0 saturated carbocycles. The molecule has 4 nitrogen and oxygen atoms in total. The maximum Gasteiger partial charge on any atom is 0.0434 e. The third kappa shape index (κ3) is 3.52. The molecule has 4 heteroatoms. The van der Waals surface area contributed by atoms with Gasteiger partial charge in [0.2, 0.25) is 0 Å². The SMILES string of the molecule is Nc1cc(CCCO)c2ccc3c(CCCO)cc(CCCO)c4ccc1c2c43. The van der Waals surface area contributed by atoms with Gasteiger partial charge >= 0.3 is 0 Å². The van der Waals surface area contributed by atoms with Gasteiger partial charge < -0.3 is 21.1 Å². The van der Waals surface area contributed by atoms with Crippen molar-refractivity contribution in [1.82, 2.24) is 0 Å². The molecule has 29 heavy (non-hydrogen) atoms. The summed E-state index contributed by atoms with van der Waals surface area (Å²) in [4.78, 5) is 0. The highest BCUT2D eigenvalue weighted by Crippen LogP contribution is 2.41. The zero-order valence-corrected chi connectivity index (χ0v) is 16.7. The van der Waals surface area contributed by atoms with Crippen LogP contribution in [0.2, 0.25) is 0 Å². The van der Waals surface area contributed by atoms with Crippen molar-refractivity contribution >= 4 is 38.0 Å². The van der Waals surface area contributed by atoms with Crippen LogP contribution in [0, 0.1) is 0 Å². The minimum absolute atomic E-state index is 0.165. The molecule has 0 saturated heterocycles. The summed E-state index contributed by atoms with van der Waals surface area (Å²) in [6.07, 6.45) is 4.62. The highest BCUT2D eigenvalue weighted by Gasteiger charge is 2.17. The van der Waals surface area contributed by atoms with E-state index in [0.717, 1.165) is 43.2 Å². The summed E-state index contributed by atoms with van der Waals surface area (Å²) in [5.74, 6) is 0.